The fourth-order valence-electron chi connectivity index (χ4n) is 5.63. The Balaban J connectivity index is 0.00000253. The SMILES string of the molecule is COc1ccc(-c2c3ccc(=[N+]4CCCCC4)cc-3oc3cc(N4CCCCC4)ccc23)cc1.[Cl-]. The fourth-order valence-corrected chi connectivity index (χ4v) is 5.63. The predicted molar refractivity (Wildman–Crippen MR) is 140 cm³/mol. The molecule has 4 aliphatic rings. The largest absolute Gasteiger partial charge is 1.00 e. The van der Waals surface area contributed by atoms with E-state index in [0.29, 0.717) is 0 Å². The first-order chi connectivity index (χ1) is 16.8. The normalized spacial score (nSPS) is 16.4. The summed E-state index contributed by atoms with van der Waals surface area (Å²) in [6.07, 6.45) is 7.73. The van der Waals surface area contributed by atoms with Crippen LogP contribution in [0.4, 0.5) is 5.69 Å². The molecule has 0 bridgehead atoms. The average molecular weight is 489 g/mol. The van der Waals surface area contributed by atoms with Gasteiger partial charge in [0.1, 0.15) is 30.2 Å². The number of ether oxygens (including phenoxy) is 1. The van der Waals surface area contributed by atoms with E-state index in [-0.39, 0.29) is 12.4 Å². The van der Waals surface area contributed by atoms with Crippen molar-refractivity contribution >= 4 is 16.7 Å². The molecule has 2 aromatic carbocycles. The van der Waals surface area contributed by atoms with Gasteiger partial charge in [-0.25, -0.2) is 4.58 Å². The standard InChI is InChI=1S/C30H33N2O2.ClH/c1-33-25-12-8-22(9-13-25)30-26-14-10-23(31-16-4-2-5-17-31)20-28(26)34-29-21-24(11-15-27(29)30)32-18-6-3-7-19-32;/h8-15,20-21H,2-7,16-19H2,1H3;1H/q+1;/p-1. The minimum atomic E-state index is 0. The second-order valence-electron chi connectivity index (χ2n) is 9.66. The van der Waals surface area contributed by atoms with Gasteiger partial charge in [-0.2, -0.15) is 0 Å². The first-order valence-electron chi connectivity index (χ1n) is 12.8. The Morgan fingerprint density at radius 1 is 0.800 bits per heavy atom. The van der Waals surface area contributed by atoms with Gasteiger partial charge in [-0.05, 0) is 61.6 Å². The van der Waals surface area contributed by atoms with E-state index in [1.807, 2.05) is 12.1 Å². The van der Waals surface area contributed by atoms with Crippen molar-refractivity contribution in [1.82, 2.24) is 4.58 Å². The molecular weight excluding hydrogens is 456 g/mol. The van der Waals surface area contributed by atoms with Crippen molar-refractivity contribution in [3.8, 4) is 28.2 Å². The van der Waals surface area contributed by atoms with Gasteiger partial charge in [-0.15, -0.1) is 0 Å². The third-order valence-electron chi connectivity index (χ3n) is 7.51. The molecule has 0 unspecified atom stereocenters. The molecule has 0 radical (unpaired) electrons. The maximum atomic E-state index is 6.64. The third kappa shape index (κ3) is 4.64. The summed E-state index contributed by atoms with van der Waals surface area (Å²) in [4.78, 5) is 2.50. The minimum Gasteiger partial charge on any atom is -1.00 e. The van der Waals surface area contributed by atoms with E-state index >= 15 is 0 Å². The van der Waals surface area contributed by atoms with Crippen molar-refractivity contribution in [3.05, 3.63) is 66.0 Å². The Bertz CT molecular complexity index is 1350. The zero-order valence-electron chi connectivity index (χ0n) is 20.4. The Labute approximate surface area is 213 Å². The van der Waals surface area contributed by atoms with Crippen LogP contribution in [-0.4, -0.2) is 33.3 Å². The van der Waals surface area contributed by atoms with E-state index in [1.54, 1.807) is 7.11 Å². The molecule has 0 amide bonds. The lowest BCUT2D eigenvalue weighted by atomic mass is 9.93. The first kappa shape index (κ1) is 23.7. The van der Waals surface area contributed by atoms with Gasteiger partial charge in [0.15, 0.2) is 0 Å². The van der Waals surface area contributed by atoms with Crippen LogP contribution in [0.3, 0.4) is 0 Å². The van der Waals surface area contributed by atoms with Gasteiger partial charge in [-0.1, -0.05) is 12.1 Å². The second kappa shape index (κ2) is 10.3. The highest BCUT2D eigenvalue weighted by atomic mass is 35.5. The number of piperidine rings is 2. The van der Waals surface area contributed by atoms with Crippen molar-refractivity contribution in [2.75, 3.05) is 38.2 Å². The molecule has 0 spiro atoms. The summed E-state index contributed by atoms with van der Waals surface area (Å²) in [5.74, 6) is 1.83. The molecular formula is C30H33ClN2O2. The maximum absolute atomic E-state index is 6.64. The summed E-state index contributed by atoms with van der Waals surface area (Å²) in [7, 11) is 1.71. The molecule has 0 aromatic heterocycles. The van der Waals surface area contributed by atoms with Crippen LogP contribution in [0.5, 0.6) is 5.75 Å². The van der Waals surface area contributed by atoms with Crippen molar-refractivity contribution in [2.45, 2.75) is 38.5 Å². The molecule has 6 rings (SSSR count). The summed E-state index contributed by atoms with van der Waals surface area (Å²) < 4.78 is 14.6. The minimum absolute atomic E-state index is 0. The second-order valence-corrected chi connectivity index (χ2v) is 9.66. The summed E-state index contributed by atoms with van der Waals surface area (Å²) in [5, 5.41) is 2.42. The monoisotopic (exact) mass is 488 g/mol. The molecule has 0 atom stereocenters. The topological polar surface area (TPSA) is 28.6 Å². The molecule has 3 heterocycles. The number of benzene rings is 3. The molecule has 0 N–H and O–H groups in total. The van der Waals surface area contributed by atoms with Crippen molar-refractivity contribution < 1.29 is 21.6 Å². The Morgan fingerprint density at radius 3 is 2.29 bits per heavy atom. The number of methoxy groups -OCH3 is 1. The molecule has 2 aromatic rings. The predicted octanol–water partition coefficient (Wildman–Crippen LogP) is 3.16. The lowest BCUT2D eigenvalue weighted by molar-refractivity contribution is -0.00000751. The van der Waals surface area contributed by atoms with Crippen LogP contribution >= 0.6 is 0 Å². The molecule has 3 aliphatic heterocycles. The lowest BCUT2D eigenvalue weighted by Crippen LogP contribution is -3.00. The van der Waals surface area contributed by atoms with E-state index in [2.05, 4.69) is 58.0 Å². The highest BCUT2D eigenvalue weighted by molar-refractivity contribution is 6.02. The molecule has 4 nitrogen and oxygen atoms in total. The maximum Gasteiger partial charge on any atom is 0.203 e. The highest BCUT2D eigenvalue weighted by Crippen LogP contribution is 2.41. The zero-order chi connectivity index (χ0) is 22.9. The van der Waals surface area contributed by atoms with Crippen molar-refractivity contribution in [3.63, 3.8) is 0 Å². The Kier molecular flexibility index (Phi) is 7.01. The summed E-state index contributed by atoms with van der Waals surface area (Å²) in [6.45, 7) is 4.51. The Morgan fingerprint density at radius 2 is 1.54 bits per heavy atom. The van der Waals surface area contributed by atoms with Gasteiger partial charge in [-0.3, -0.25) is 0 Å². The number of nitrogens with zero attached hydrogens (tertiary/aromatic N) is 2. The molecule has 2 saturated heterocycles. The van der Waals surface area contributed by atoms with Crippen LogP contribution in [-0.2, 0) is 0 Å². The van der Waals surface area contributed by atoms with E-state index < -0.39 is 0 Å². The van der Waals surface area contributed by atoms with Crippen LogP contribution in [0, 0.1) is 0 Å². The van der Waals surface area contributed by atoms with Crippen LogP contribution in [0.1, 0.15) is 38.5 Å². The van der Waals surface area contributed by atoms with E-state index in [4.69, 9.17) is 9.15 Å². The molecule has 0 saturated carbocycles. The zero-order valence-corrected chi connectivity index (χ0v) is 21.2. The number of hydrogen-bond acceptors (Lipinski definition) is 3. The highest BCUT2D eigenvalue weighted by Gasteiger charge is 2.21. The smallest absolute Gasteiger partial charge is 0.203 e. The van der Waals surface area contributed by atoms with E-state index in [1.165, 1.54) is 60.7 Å². The number of anilines is 1. The number of rotatable bonds is 3. The van der Waals surface area contributed by atoms with Crippen LogP contribution in [0.25, 0.3) is 33.4 Å². The van der Waals surface area contributed by atoms with Gasteiger partial charge in [0, 0.05) is 60.3 Å². The molecule has 1 aliphatic carbocycles. The van der Waals surface area contributed by atoms with Gasteiger partial charge in [0.25, 0.3) is 0 Å². The summed E-state index contributed by atoms with van der Waals surface area (Å²) in [5.41, 5.74) is 5.79. The molecule has 2 fully saturated rings. The first-order valence-corrected chi connectivity index (χ1v) is 12.8. The van der Waals surface area contributed by atoms with Crippen molar-refractivity contribution in [1.29, 1.82) is 0 Å². The fraction of sp³-hybridized carbons (Fsp3) is 0.367. The van der Waals surface area contributed by atoms with E-state index in [9.17, 15) is 0 Å². The van der Waals surface area contributed by atoms with Gasteiger partial charge >= 0.3 is 0 Å². The molecule has 182 valence electrons. The van der Waals surface area contributed by atoms with Crippen LogP contribution in [0.15, 0.2) is 65.1 Å². The Hall–Kier alpha value is -2.98. The average Bonchev–Trinajstić information content (AvgIpc) is 2.92. The van der Waals surface area contributed by atoms with Crippen LogP contribution in [0.2, 0.25) is 0 Å². The van der Waals surface area contributed by atoms with Crippen LogP contribution < -0.4 is 32.0 Å². The molecule has 5 heteroatoms. The van der Waals surface area contributed by atoms with E-state index in [0.717, 1.165) is 54.2 Å². The molecule has 35 heavy (non-hydrogen) atoms. The number of halogens is 1. The number of fused-ring (bicyclic) bond motifs is 2. The number of hydrogen-bond donors (Lipinski definition) is 0. The van der Waals surface area contributed by atoms with Crippen molar-refractivity contribution in [2.24, 2.45) is 0 Å². The third-order valence-corrected chi connectivity index (χ3v) is 7.51. The van der Waals surface area contributed by atoms with Gasteiger partial charge < -0.3 is 26.5 Å². The summed E-state index contributed by atoms with van der Waals surface area (Å²) in [6, 6.07) is 21.9. The summed E-state index contributed by atoms with van der Waals surface area (Å²) >= 11 is 0. The quantitative estimate of drug-likeness (QED) is 0.327. The van der Waals surface area contributed by atoms with Gasteiger partial charge in [0.05, 0.1) is 13.2 Å². The van der Waals surface area contributed by atoms with Gasteiger partial charge in [0.2, 0.25) is 5.36 Å². The lowest BCUT2D eigenvalue weighted by Gasteiger charge is -2.29.